The number of aryl methyl sites for hydroxylation is 1. The van der Waals surface area contributed by atoms with Gasteiger partial charge in [0.15, 0.2) is 28.3 Å². The molecule has 0 N–H and O–H groups in total. The van der Waals surface area contributed by atoms with E-state index in [0.29, 0.717) is 16.5 Å². The van der Waals surface area contributed by atoms with Gasteiger partial charge in [-0.25, -0.2) is 4.39 Å². The van der Waals surface area contributed by atoms with Crippen molar-refractivity contribution >= 4 is 17.5 Å². The van der Waals surface area contributed by atoms with Crippen LogP contribution in [0, 0.1) is 5.82 Å². The average Bonchev–Trinajstić information content (AvgIpc) is 3.21. The number of ketones is 1. The SMILES string of the molecule is CCCCCCn1c(COc2ccccc2F)nnc1SCC(=O)c1ccc(CC)cc1. The Balaban J connectivity index is 1.67. The quantitative estimate of drug-likeness (QED) is 0.177. The van der Waals surface area contributed by atoms with Crippen LogP contribution >= 0.6 is 11.8 Å². The number of hydrogen-bond donors (Lipinski definition) is 0. The van der Waals surface area contributed by atoms with Crippen LogP contribution in [-0.4, -0.2) is 26.3 Å². The molecule has 0 bridgehead atoms. The first kappa shape index (κ1) is 24.0. The van der Waals surface area contributed by atoms with E-state index in [-0.39, 0.29) is 23.9 Å². The highest BCUT2D eigenvalue weighted by Crippen LogP contribution is 2.22. The lowest BCUT2D eigenvalue weighted by Crippen LogP contribution is -2.10. The number of carbonyl (C=O) groups is 1. The predicted molar refractivity (Wildman–Crippen MR) is 126 cm³/mol. The predicted octanol–water partition coefficient (Wildman–Crippen LogP) is 6.11. The Morgan fingerprint density at radius 2 is 1.81 bits per heavy atom. The van der Waals surface area contributed by atoms with E-state index in [1.54, 1.807) is 18.2 Å². The summed E-state index contributed by atoms with van der Waals surface area (Å²) < 4.78 is 21.5. The monoisotopic (exact) mass is 455 g/mol. The first-order valence-electron chi connectivity index (χ1n) is 11.2. The molecule has 0 saturated heterocycles. The first-order chi connectivity index (χ1) is 15.6. The molecule has 0 aliphatic carbocycles. The Hall–Kier alpha value is -2.67. The maximum absolute atomic E-state index is 13.9. The molecule has 1 aromatic heterocycles. The topological polar surface area (TPSA) is 57.0 Å². The van der Waals surface area contributed by atoms with Gasteiger partial charge >= 0.3 is 0 Å². The molecule has 1 heterocycles. The Bertz CT molecular complexity index is 1000. The van der Waals surface area contributed by atoms with E-state index in [0.717, 1.165) is 38.6 Å². The molecular formula is C25H30FN3O2S. The molecule has 7 heteroatoms. The van der Waals surface area contributed by atoms with Gasteiger partial charge in [0.2, 0.25) is 0 Å². The first-order valence-corrected chi connectivity index (χ1v) is 12.1. The molecule has 3 aromatic rings. The van der Waals surface area contributed by atoms with E-state index >= 15 is 0 Å². The van der Waals surface area contributed by atoms with Gasteiger partial charge in [-0.05, 0) is 30.5 Å². The van der Waals surface area contributed by atoms with Crippen LogP contribution in [-0.2, 0) is 19.6 Å². The van der Waals surface area contributed by atoms with Crippen molar-refractivity contribution < 1.29 is 13.9 Å². The van der Waals surface area contributed by atoms with Gasteiger partial charge in [0, 0.05) is 12.1 Å². The standard InChI is InChI=1S/C25H30FN3O2S/c1-3-5-6-9-16-29-24(17-31-23-11-8-7-10-21(23)26)27-28-25(29)32-18-22(30)20-14-12-19(4-2)13-15-20/h7-8,10-15H,3-6,9,16-18H2,1-2H3. The van der Waals surface area contributed by atoms with Gasteiger partial charge in [-0.3, -0.25) is 4.79 Å². The molecule has 5 nitrogen and oxygen atoms in total. The molecule has 0 aliphatic rings. The van der Waals surface area contributed by atoms with Gasteiger partial charge in [0.1, 0.15) is 6.61 Å². The largest absolute Gasteiger partial charge is 0.483 e. The van der Waals surface area contributed by atoms with Crippen molar-refractivity contribution in [2.45, 2.75) is 64.3 Å². The second-order valence-corrected chi connectivity index (χ2v) is 8.54. The summed E-state index contributed by atoms with van der Waals surface area (Å²) >= 11 is 1.38. The highest BCUT2D eigenvalue weighted by Gasteiger charge is 2.16. The number of halogens is 1. The van der Waals surface area contributed by atoms with Crippen LogP contribution in [0.2, 0.25) is 0 Å². The molecule has 170 valence electrons. The minimum atomic E-state index is -0.407. The smallest absolute Gasteiger partial charge is 0.191 e. The van der Waals surface area contributed by atoms with Gasteiger partial charge in [0.05, 0.1) is 5.75 Å². The molecule has 2 aromatic carbocycles. The van der Waals surface area contributed by atoms with Crippen LogP contribution in [0.3, 0.4) is 0 Å². The summed E-state index contributed by atoms with van der Waals surface area (Å²) in [6, 6.07) is 14.1. The van der Waals surface area contributed by atoms with E-state index < -0.39 is 5.82 Å². The maximum Gasteiger partial charge on any atom is 0.191 e. The number of nitrogens with zero attached hydrogens (tertiary/aromatic N) is 3. The molecule has 32 heavy (non-hydrogen) atoms. The fourth-order valence-electron chi connectivity index (χ4n) is 3.30. The third kappa shape index (κ3) is 6.66. The van der Waals surface area contributed by atoms with E-state index in [4.69, 9.17) is 4.74 Å². The fraction of sp³-hybridized carbons (Fsp3) is 0.400. The summed E-state index contributed by atoms with van der Waals surface area (Å²) in [4.78, 5) is 12.6. The number of carbonyl (C=O) groups excluding carboxylic acids is 1. The van der Waals surface area contributed by atoms with E-state index in [1.165, 1.54) is 23.4 Å². The number of benzene rings is 2. The lowest BCUT2D eigenvalue weighted by atomic mass is 10.1. The van der Waals surface area contributed by atoms with Crippen molar-refractivity contribution in [2.75, 3.05) is 5.75 Å². The van der Waals surface area contributed by atoms with E-state index in [9.17, 15) is 9.18 Å². The van der Waals surface area contributed by atoms with Crippen molar-refractivity contribution in [1.82, 2.24) is 14.8 Å². The molecule has 0 radical (unpaired) electrons. The van der Waals surface area contributed by atoms with Gasteiger partial charge in [-0.1, -0.05) is 81.3 Å². The summed E-state index contributed by atoms with van der Waals surface area (Å²) in [5, 5.41) is 9.25. The number of aromatic nitrogens is 3. The third-order valence-electron chi connectivity index (χ3n) is 5.24. The van der Waals surface area contributed by atoms with Crippen LogP contribution in [0.1, 0.15) is 61.3 Å². The zero-order valence-electron chi connectivity index (χ0n) is 18.7. The van der Waals surface area contributed by atoms with Gasteiger partial charge < -0.3 is 9.30 Å². The molecule has 3 rings (SSSR count). The number of ether oxygens (including phenoxy) is 1. The Labute approximate surface area is 193 Å². The minimum absolute atomic E-state index is 0.0577. The Kier molecular flexibility index (Phi) is 9.28. The number of rotatable bonds is 13. The Morgan fingerprint density at radius 3 is 2.53 bits per heavy atom. The molecule has 0 amide bonds. The lowest BCUT2D eigenvalue weighted by Gasteiger charge is -2.11. The van der Waals surface area contributed by atoms with Gasteiger partial charge in [0.25, 0.3) is 0 Å². The zero-order chi connectivity index (χ0) is 22.8. The van der Waals surface area contributed by atoms with Crippen molar-refractivity contribution in [3.63, 3.8) is 0 Å². The molecule has 0 saturated carbocycles. The molecule has 0 aliphatic heterocycles. The molecule has 0 atom stereocenters. The minimum Gasteiger partial charge on any atom is -0.483 e. The Morgan fingerprint density at radius 1 is 1.03 bits per heavy atom. The van der Waals surface area contributed by atoms with Crippen molar-refractivity contribution in [1.29, 1.82) is 0 Å². The lowest BCUT2D eigenvalue weighted by molar-refractivity contribution is 0.102. The third-order valence-corrected chi connectivity index (χ3v) is 6.21. The number of hydrogen-bond acceptors (Lipinski definition) is 5. The van der Waals surface area contributed by atoms with Crippen molar-refractivity contribution in [2.24, 2.45) is 0 Å². The second-order valence-electron chi connectivity index (χ2n) is 7.59. The number of Topliss-reactive ketones (excluding diaryl/α,β-unsaturated/α-hetero) is 1. The average molecular weight is 456 g/mol. The maximum atomic E-state index is 13.9. The summed E-state index contributed by atoms with van der Waals surface area (Å²) in [5.74, 6) is 0.755. The van der Waals surface area contributed by atoms with E-state index in [1.807, 2.05) is 28.8 Å². The molecule has 0 unspecified atom stereocenters. The summed E-state index contributed by atoms with van der Waals surface area (Å²) in [7, 11) is 0. The fourth-order valence-corrected chi connectivity index (χ4v) is 4.18. The van der Waals surface area contributed by atoms with Crippen LogP contribution in [0.5, 0.6) is 5.75 Å². The van der Waals surface area contributed by atoms with Gasteiger partial charge in [-0.15, -0.1) is 10.2 Å². The van der Waals surface area contributed by atoms with Crippen molar-refractivity contribution in [3.05, 3.63) is 71.3 Å². The van der Waals surface area contributed by atoms with Crippen LogP contribution < -0.4 is 4.74 Å². The highest BCUT2D eigenvalue weighted by molar-refractivity contribution is 7.99. The molecule has 0 spiro atoms. The van der Waals surface area contributed by atoms with Crippen molar-refractivity contribution in [3.8, 4) is 5.75 Å². The zero-order valence-corrected chi connectivity index (χ0v) is 19.5. The van der Waals surface area contributed by atoms with Crippen LogP contribution in [0.4, 0.5) is 4.39 Å². The molecule has 0 fully saturated rings. The summed E-state index contributed by atoms with van der Waals surface area (Å²) in [6.45, 7) is 5.12. The summed E-state index contributed by atoms with van der Waals surface area (Å²) in [5.41, 5.74) is 1.91. The molecular weight excluding hydrogens is 425 g/mol. The van der Waals surface area contributed by atoms with Gasteiger partial charge in [-0.2, -0.15) is 0 Å². The number of thioether (sulfide) groups is 1. The van der Waals surface area contributed by atoms with Crippen LogP contribution in [0.15, 0.2) is 53.7 Å². The number of para-hydroxylation sites is 1. The normalized spacial score (nSPS) is 11.0. The summed E-state index contributed by atoms with van der Waals surface area (Å²) in [6.07, 6.45) is 5.35. The highest BCUT2D eigenvalue weighted by atomic mass is 32.2. The van der Waals surface area contributed by atoms with E-state index in [2.05, 4.69) is 24.0 Å². The number of unbranched alkanes of at least 4 members (excludes halogenated alkanes) is 3. The second kappa shape index (κ2) is 12.4. The van der Waals surface area contributed by atoms with Crippen LogP contribution in [0.25, 0.3) is 0 Å².